The molecule has 0 aromatic heterocycles. The molecule has 2 aromatic rings. The molecule has 30 heavy (non-hydrogen) atoms. The Kier molecular flexibility index (Phi) is 5.77. The van der Waals surface area contributed by atoms with E-state index in [-0.39, 0.29) is 12.2 Å². The molecular weight excluding hydrogens is 411 g/mol. The van der Waals surface area contributed by atoms with E-state index < -0.39 is 53.1 Å². The number of hydrogen-bond donors (Lipinski definition) is 1. The zero-order chi connectivity index (χ0) is 22.3. The Morgan fingerprint density at radius 3 is 2.37 bits per heavy atom. The molecule has 1 fully saturated rings. The molecule has 0 bridgehead atoms. The number of alkyl halides is 3. The molecule has 0 aliphatic carbocycles. The highest BCUT2D eigenvalue weighted by Gasteiger charge is 2.66. The number of carboxylic acids is 1. The van der Waals surface area contributed by atoms with Crippen molar-refractivity contribution in [1.29, 1.82) is 0 Å². The zero-order valence-electron chi connectivity index (χ0n) is 16.0. The van der Waals surface area contributed by atoms with Crippen molar-refractivity contribution in [2.24, 2.45) is 5.92 Å². The van der Waals surface area contributed by atoms with E-state index in [1.165, 1.54) is 6.92 Å². The van der Waals surface area contributed by atoms with Gasteiger partial charge < -0.3 is 14.6 Å². The first-order valence-electron chi connectivity index (χ1n) is 9.09. The first-order valence-corrected chi connectivity index (χ1v) is 9.09. The van der Waals surface area contributed by atoms with Gasteiger partial charge in [-0.05, 0) is 18.6 Å². The van der Waals surface area contributed by atoms with E-state index in [2.05, 4.69) is 0 Å². The van der Waals surface area contributed by atoms with Gasteiger partial charge in [-0.3, -0.25) is 0 Å². The first-order chi connectivity index (χ1) is 14.0. The van der Waals surface area contributed by atoms with E-state index in [1.54, 1.807) is 30.3 Å². The lowest BCUT2D eigenvalue weighted by Crippen LogP contribution is -2.47. The summed E-state index contributed by atoms with van der Waals surface area (Å²) in [5.74, 6) is -7.77. The van der Waals surface area contributed by atoms with E-state index in [9.17, 15) is 31.9 Å². The Bertz CT molecular complexity index is 931. The van der Waals surface area contributed by atoms with Crippen LogP contribution in [0.4, 0.5) is 22.0 Å². The van der Waals surface area contributed by atoms with Gasteiger partial charge in [0, 0.05) is 17.4 Å². The molecule has 162 valence electrons. The lowest BCUT2D eigenvalue weighted by atomic mass is 9.77. The molecule has 2 aromatic carbocycles. The number of carbonyl (C=O) groups is 1. The van der Waals surface area contributed by atoms with E-state index in [4.69, 9.17) is 9.47 Å². The van der Waals surface area contributed by atoms with Gasteiger partial charge in [0.2, 0.25) is 5.82 Å². The van der Waals surface area contributed by atoms with Gasteiger partial charge in [0.25, 0.3) is 0 Å². The minimum Gasteiger partial charge on any atom is -0.485 e. The predicted octanol–water partition coefficient (Wildman–Crippen LogP) is 5.07. The number of halogens is 5. The average molecular weight is 430 g/mol. The highest BCUT2D eigenvalue weighted by Crippen LogP contribution is 2.54. The Balaban J connectivity index is 2.06. The van der Waals surface area contributed by atoms with Crippen LogP contribution < -0.4 is 4.74 Å². The molecule has 4 atom stereocenters. The van der Waals surface area contributed by atoms with Crippen molar-refractivity contribution in [3.8, 4) is 5.75 Å². The van der Waals surface area contributed by atoms with Gasteiger partial charge in [0.05, 0.1) is 0 Å². The molecule has 0 spiro atoms. The quantitative estimate of drug-likeness (QED) is 0.674. The molecule has 3 unspecified atom stereocenters. The molecule has 1 saturated heterocycles. The minimum absolute atomic E-state index is 0.190. The van der Waals surface area contributed by atoms with Gasteiger partial charge in [-0.25, -0.2) is 9.18 Å². The Morgan fingerprint density at radius 2 is 1.80 bits per heavy atom. The molecule has 1 N–H and O–H groups in total. The number of ether oxygens (including phenoxy) is 2. The van der Waals surface area contributed by atoms with Crippen molar-refractivity contribution >= 4 is 5.97 Å². The normalized spacial score (nSPS) is 26.6. The van der Waals surface area contributed by atoms with Crippen LogP contribution in [0.5, 0.6) is 5.75 Å². The van der Waals surface area contributed by atoms with E-state index in [1.807, 2.05) is 0 Å². The van der Waals surface area contributed by atoms with E-state index in [0.29, 0.717) is 5.56 Å². The van der Waals surface area contributed by atoms with Crippen LogP contribution in [0, 0.1) is 17.6 Å². The van der Waals surface area contributed by atoms with Gasteiger partial charge in [0.1, 0.15) is 6.61 Å². The van der Waals surface area contributed by atoms with Gasteiger partial charge in [-0.15, -0.1) is 0 Å². The molecule has 0 amide bonds. The smallest absolute Gasteiger partial charge is 0.417 e. The number of aliphatic carboxylic acids is 1. The Morgan fingerprint density at radius 1 is 1.17 bits per heavy atom. The van der Waals surface area contributed by atoms with Crippen molar-refractivity contribution in [3.05, 3.63) is 65.2 Å². The molecule has 4 nitrogen and oxygen atoms in total. The summed E-state index contributed by atoms with van der Waals surface area (Å²) in [4.78, 5) is 11.7. The second-order valence-electron chi connectivity index (χ2n) is 7.35. The predicted molar refractivity (Wildman–Crippen MR) is 96.0 cm³/mol. The van der Waals surface area contributed by atoms with E-state index >= 15 is 0 Å². The van der Waals surface area contributed by atoms with Crippen molar-refractivity contribution < 1.29 is 41.3 Å². The third kappa shape index (κ3) is 3.74. The van der Waals surface area contributed by atoms with Crippen LogP contribution in [0.3, 0.4) is 0 Å². The fraction of sp³-hybridized carbons (Fsp3) is 0.381. The van der Waals surface area contributed by atoms with Crippen molar-refractivity contribution in [1.82, 2.24) is 0 Å². The lowest BCUT2D eigenvalue weighted by molar-refractivity contribution is -0.273. The maximum atomic E-state index is 14.6. The highest BCUT2D eigenvalue weighted by molar-refractivity contribution is 5.75. The summed E-state index contributed by atoms with van der Waals surface area (Å²) in [6.07, 6.45) is -6.80. The zero-order valence-corrected chi connectivity index (χ0v) is 16.0. The van der Waals surface area contributed by atoms with Gasteiger partial charge >= 0.3 is 12.1 Å². The second-order valence-corrected chi connectivity index (χ2v) is 7.35. The largest absolute Gasteiger partial charge is 0.485 e. The molecule has 3 rings (SSSR count). The van der Waals surface area contributed by atoms with Crippen molar-refractivity contribution in [2.45, 2.75) is 44.3 Å². The summed E-state index contributed by atoms with van der Waals surface area (Å²) < 4.78 is 79.8. The van der Waals surface area contributed by atoms with Crippen LogP contribution in [0.25, 0.3) is 0 Å². The minimum atomic E-state index is -4.88. The summed E-state index contributed by atoms with van der Waals surface area (Å²) in [7, 11) is 0. The maximum absolute atomic E-state index is 14.6. The van der Waals surface area contributed by atoms with Crippen LogP contribution in [0.1, 0.15) is 30.9 Å². The fourth-order valence-electron chi connectivity index (χ4n) is 3.70. The topological polar surface area (TPSA) is 55.8 Å². The van der Waals surface area contributed by atoms with Crippen LogP contribution in [0.2, 0.25) is 0 Å². The summed E-state index contributed by atoms with van der Waals surface area (Å²) in [6, 6.07) is 10.2. The average Bonchev–Trinajstić information content (AvgIpc) is 2.96. The Hall–Kier alpha value is -2.68. The number of benzene rings is 2. The summed E-state index contributed by atoms with van der Waals surface area (Å²) in [6.45, 7) is 1.73. The van der Waals surface area contributed by atoms with Crippen molar-refractivity contribution in [3.63, 3.8) is 0 Å². The number of carboxylic acid groups (broad SMARTS) is 1. The monoisotopic (exact) mass is 430 g/mol. The molecule has 1 aliphatic rings. The highest BCUT2D eigenvalue weighted by atomic mass is 19.4. The van der Waals surface area contributed by atoms with Gasteiger partial charge in [-0.2, -0.15) is 17.6 Å². The van der Waals surface area contributed by atoms with E-state index in [0.717, 1.165) is 19.1 Å². The molecule has 0 radical (unpaired) electrons. The lowest BCUT2D eigenvalue weighted by Gasteiger charge is -2.32. The van der Waals surface area contributed by atoms with Crippen LogP contribution >= 0.6 is 0 Å². The Labute approximate surface area is 169 Å². The maximum Gasteiger partial charge on any atom is 0.417 e. The van der Waals surface area contributed by atoms with Crippen LogP contribution in [-0.2, 0) is 16.1 Å². The molecular formula is C21H19F5O4. The second kappa shape index (κ2) is 7.86. The number of hydrogen-bond acceptors (Lipinski definition) is 3. The summed E-state index contributed by atoms with van der Waals surface area (Å²) in [5.41, 5.74) is -2.38. The standard InChI is InChI=1S/C21H19F5O4/c1-11-15(18(19(27)28)30-20(11,2)21(24,25)26)13-8-9-14(22)16(23)17(13)29-10-12-6-4-3-5-7-12/h3-9,11,15,18H,10H2,1-2H3,(H,27,28)/t11?,15?,18-,20?/m1/s1. The first kappa shape index (κ1) is 22.0. The SMILES string of the molecule is CC1C(c2ccc(F)c(F)c2OCc2ccccc2)[C@H](C(=O)O)OC1(C)C(F)(F)F. The molecule has 1 aliphatic heterocycles. The molecule has 0 saturated carbocycles. The van der Waals surface area contributed by atoms with Gasteiger partial charge in [0.15, 0.2) is 23.3 Å². The molecule has 1 heterocycles. The number of rotatable bonds is 5. The fourth-order valence-corrected chi connectivity index (χ4v) is 3.70. The summed E-state index contributed by atoms with van der Waals surface area (Å²) in [5, 5.41) is 9.48. The van der Waals surface area contributed by atoms with Gasteiger partial charge in [-0.1, -0.05) is 43.3 Å². The third-order valence-electron chi connectivity index (χ3n) is 5.58. The van der Waals surface area contributed by atoms with Crippen LogP contribution in [0.15, 0.2) is 42.5 Å². The third-order valence-corrected chi connectivity index (χ3v) is 5.58. The van der Waals surface area contributed by atoms with Crippen LogP contribution in [-0.4, -0.2) is 29.0 Å². The summed E-state index contributed by atoms with van der Waals surface area (Å²) >= 11 is 0. The van der Waals surface area contributed by atoms with Crippen molar-refractivity contribution in [2.75, 3.05) is 0 Å². The molecule has 9 heteroatoms.